The lowest BCUT2D eigenvalue weighted by Crippen LogP contribution is -2.58. The molecule has 3 heteroatoms. The number of nitrogens with zero attached hydrogens (tertiary/aromatic N) is 3. The van der Waals surface area contributed by atoms with Crippen LogP contribution >= 0.6 is 0 Å². The largest absolute Gasteiger partial charge is 0.345 e. The molecule has 4 rings (SSSR count). The molecule has 104 valence electrons. The molecule has 2 aliphatic rings. The van der Waals surface area contributed by atoms with Crippen molar-refractivity contribution in [2.45, 2.75) is 12.8 Å². The lowest BCUT2D eigenvalue weighted by Gasteiger charge is -2.42. The summed E-state index contributed by atoms with van der Waals surface area (Å²) in [5.41, 5.74) is 1.11. The van der Waals surface area contributed by atoms with E-state index in [1.165, 1.54) is 48.9 Å². The molecular weight excluding hydrogens is 246 g/mol. The summed E-state index contributed by atoms with van der Waals surface area (Å²) in [5.74, 6) is 1.15. The molecule has 3 nitrogen and oxygen atoms in total. The van der Waals surface area contributed by atoms with Crippen molar-refractivity contribution >= 4 is 16.7 Å². The van der Waals surface area contributed by atoms with Gasteiger partial charge in [0.1, 0.15) is 5.82 Å². The molecule has 0 N–H and O–H groups in total. The van der Waals surface area contributed by atoms with Gasteiger partial charge in [-0.2, -0.15) is 0 Å². The average Bonchev–Trinajstić information content (AvgIpc) is 2.96. The molecule has 0 radical (unpaired) electrons. The quantitative estimate of drug-likeness (QED) is 0.739. The summed E-state index contributed by atoms with van der Waals surface area (Å²) in [4.78, 5) is 7.30. The summed E-state index contributed by atoms with van der Waals surface area (Å²) in [5, 5.41) is 1.23. The van der Waals surface area contributed by atoms with E-state index in [0.717, 1.165) is 24.4 Å². The van der Waals surface area contributed by atoms with Crippen LogP contribution in [0.4, 0.5) is 5.82 Å². The smallest absolute Gasteiger partial charge is 0.129 e. The minimum Gasteiger partial charge on any atom is -0.345 e. The van der Waals surface area contributed by atoms with Crippen molar-refractivity contribution < 1.29 is 4.48 Å². The Morgan fingerprint density at radius 2 is 1.60 bits per heavy atom. The number of rotatable bonds is 1. The normalized spacial score (nSPS) is 21.7. The Morgan fingerprint density at radius 1 is 0.850 bits per heavy atom. The predicted octanol–water partition coefficient (Wildman–Crippen LogP) is 2.67. The van der Waals surface area contributed by atoms with Crippen molar-refractivity contribution in [3.8, 4) is 0 Å². The molecule has 1 spiro atoms. The first-order valence-corrected chi connectivity index (χ1v) is 7.81. The Morgan fingerprint density at radius 3 is 2.40 bits per heavy atom. The fraction of sp³-hybridized carbons (Fsp3) is 0.471. The molecule has 1 aromatic heterocycles. The molecule has 2 aromatic rings. The van der Waals surface area contributed by atoms with Gasteiger partial charge in [0.25, 0.3) is 0 Å². The summed E-state index contributed by atoms with van der Waals surface area (Å²) in [6, 6.07) is 12.8. The number of aromatic nitrogens is 1. The van der Waals surface area contributed by atoms with Gasteiger partial charge in [-0.3, -0.25) is 0 Å². The second kappa shape index (κ2) is 4.74. The maximum Gasteiger partial charge on any atom is 0.129 e. The fourth-order valence-corrected chi connectivity index (χ4v) is 3.80. The van der Waals surface area contributed by atoms with Gasteiger partial charge < -0.3 is 9.38 Å². The maximum absolute atomic E-state index is 4.83. The van der Waals surface area contributed by atoms with E-state index in [-0.39, 0.29) is 0 Å². The lowest BCUT2D eigenvalue weighted by molar-refractivity contribution is -0.917. The molecule has 2 aliphatic heterocycles. The highest BCUT2D eigenvalue weighted by atomic mass is 15.4. The van der Waals surface area contributed by atoms with Crippen LogP contribution in [0.2, 0.25) is 0 Å². The molecule has 0 bridgehead atoms. The van der Waals surface area contributed by atoms with Gasteiger partial charge in [-0.25, -0.2) is 4.98 Å². The number of pyridine rings is 1. The van der Waals surface area contributed by atoms with Gasteiger partial charge in [0, 0.05) is 18.2 Å². The first-order valence-electron chi connectivity index (χ1n) is 7.81. The third-order valence-corrected chi connectivity index (χ3v) is 5.11. The zero-order chi connectivity index (χ0) is 13.4. The minimum absolute atomic E-state index is 1.11. The van der Waals surface area contributed by atoms with Gasteiger partial charge in [0.2, 0.25) is 0 Å². The van der Waals surface area contributed by atoms with Gasteiger partial charge in [0.15, 0.2) is 0 Å². The van der Waals surface area contributed by atoms with Crippen LogP contribution in [-0.4, -0.2) is 48.7 Å². The standard InChI is InChI=1S/C17H22N3/c1-2-6-16-15(5-1)7-8-17(18-16)19-9-13-20(14-10-19)11-3-4-12-20/h1-2,5-8H,3-4,9-14H2/q+1. The minimum atomic E-state index is 1.11. The summed E-state index contributed by atoms with van der Waals surface area (Å²) in [7, 11) is 0. The third-order valence-electron chi connectivity index (χ3n) is 5.11. The third kappa shape index (κ3) is 2.06. The monoisotopic (exact) mass is 268 g/mol. The number of piperazine rings is 1. The Balaban J connectivity index is 1.55. The molecule has 2 fully saturated rings. The zero-order valence-electron chi connectivity index (χ0n) is 12.0. The van der Waals surface area contributed by atoms with Gasteiger partial charge in [-0.15, -0.1) is 0 Å². The number of para-hydroxylation sites is 1. The molecule has 0 amide bonds. The summed E-state index contributed by atoms with van der Waals surface area (Å²) in [6.07, 6.45) is 2.85. The van der Waals surface area contributed by atoms with Crippen molar-refractivity contribution in [2.24, 2.45) is 0 Å². The Bertz CT molecular complexity index is 606. The first kappa shape index (κ1) is 12.2. The molecule has 1 aromatic carbocycles. The van der Waals surface area contributed by atoms with E-state index in [1.54, 1.807) is 0 Å². The van der Waals surface area contributed by atoms with E-state index in [1.807, 2.05) is 0 Å². The number of hydrogen-bond acceptors (Lipinski definition) is 2. The number of quaternary nitrogens is 1. The average molecular weight is 268 g/mol. The zero-order valence-corrected chi connectivity index (χ0v) is 12.0. The van der Waals surface area contributed by atoms with E-state index < -0.39 is 0 Å². The highest BCUT2D eigenvalue weighted by Crippen LogP contribution is 2.25. The number of anilines is 1. The van der Waals surface area contributed by atoms with E-state index in [0.29, 0.717) is 0 Å². The van der Waals surface area contributed by atoms with Gasteiger partial charge in [-0.1, -0.05) is 18.2 Å². The van der Waals surface area contributed by atoms with E-state index >= 15 is 0 Å². The number of benzene rings is 1. The lowest BCUT2D eigenvalue weighted by atomic mass is 10.2. The van der Waals surface area contributed by atoms with Crippen molar-refractivity contribution in [3.05, 3.63) is 36.4 Å². The van der Waals surface area contributed by atoms with Crippen molar-refractivity contribution in [2.75, 3.05) is 44.2 Å². The molecule has 0 saturated carbocycles. The molecule has 0 aliphatic carbocycles. The highest BCUT2D eigenvalue weighted by Gasteiger charge is 2.35. The van der Waals surface area contributed by atoms with Gasteiger partial charge in [0.05, 0.1) is 44.8 Å². The molecule has 0 unspecified atom stereocenters. The second-order valence-electron chi connectivity index (χ2n) is 6.29. The van der Waals surface area contributed by atoms with E-state index in [4.69, 9.17) is 4.98 Å². The van der Waals surface area contributed by atoms with Crippen molar-refractivity contribution in [1.29, 1.82) is 0 Å². The summed E-state index contributed by atoms with van der Waals surface area (Å²) < 4.78 is 1.37. The predicted molar refractivity (Wildman–Crippen MR) is 82.9 cm³/mol. The van der Waals surface area contributed by atoms with Gasteiger partial charge in [-0.05, 0) is 18.2 Å². The number of fused-ring (bicyclic) bond motifs is 1. The van der Waals surface area contributed by atoms with Crippen molar-refractivity contribution in [1.82, 2.24) is 4.98 Å². The van der Waals surface area contributed by atoms with Crippen LogP contribution in [0, 0.1) is 0 Å². The Labute approximate surface area is 120 Å². The molecule has 20 heavy (non-hydrogen) atoms. The highest BCUT2D eigenvalue weighted by molar-refractivity contribution is 5.80. The van der Waals surface area contributed by atoms with Crippen LogP contribution in [0.15, 0.2) is 36.4 Å². The summed E-state index contributed by atoms with van der Waals surface area (Å²) >= 11 is 0. The van der Waals surface area contributed by atoms with Crippen LogP contribution < -0.4 is 4.90 Å². The second-order valence-corrected chi connectivity index (χ2v) is 6.29. The Hall–Kier alpha value is -1.61. The van der Waals surface area contributed by atoms with Crippen LogP contribution in [0.5, 0.6) is 0 Å². The molecule has 2 saturated heterocycles. The SMILES string of the molecule is c1ccc2nc(N3CC[N+]4(CCCC4)CC3)ccc2c1. The summed E-state index contributed by atoms with van der Waals surface area (Å²) in [6.45, 7) is 7.72. The van der Waals surface area contributed by atoms with Crippen LogP contribution in [-0.2, 0) is 0 Å². The van der Waals surface area contributed by atoms with E-state index in [9.17, 15) is 0 Å². The molecule has 3 heterocycles. The first-order chi connectivity index (χ1) is 9.85. The van der Waals surface area contributed by atoms with Crippen molar-refractivity contribution in [3.63, 3.8) is 0 Å². The van der Waals surface area contributed by atoms with Crippen LogP contribution in [0.25, 0.3) is 10.9 Å². The molecule has 0 atom stereocenters. The van der Waals surface area contributed by atoms with Crippen LogP contribution in [0.3, 0.4) is 0 Å². The Kier molecular flexibility index (Phi) is 2.88. The van der Waals surface area contributed by atoms with E-state index in [2.05, 4.69) is 41.3 Å². The number of hydrogen-bond donors (Lipinski definition) is 0. The fourth-order valence-electron chi connectivity index (χ4n) is 3.80. The maximum atomic E-state index is 4.83. The topological polar surface area (TPSA) is 16.1 Å². The molecular formula is C17H22N3+. The van der Waals surface area contributed by atoms with Crippen LogP contribution in [0.1, 0.15) is 12.8 Å². The van der Waals surface area contributed by atoms with Gasteiger partial charge >= 0.3 is 0 Å².